The van der Waals surface area contributed by atoms with Crippen LogP contribution in [-0.4, -0.2) is 26.7 Å². The van der Waals surface area contributed by atoms with Crippen molar-refractivity contribution >= 4 is 17.4 Å². The zero-order valence-electron chi connectivity index (χ0n) is 13.6. The van der Waals surface area contributed by atoms with E-state index >= 15 is 0 Å². The number of amides is 1. The zero-order valence-corrected chi connectivity index (χ0v) is 14.4. The molecular weight excluding hydrogens is 308 g/mol. The number of rotatable bonds is 5. The van der Waals surface area contributed by atoms with E-state index in [4.69, 9.17) is 5.73 Å². The molecule has 0 unspecified atom stereocenters. The summed E-state index contributed by atoms with van der Waals surface area (Å²) in [7, 11) is 0. The summed E-state index contributed by atoms with van der Waals surface area (Å²) in [4.78, 5) is 18.2. The van der Waals surface area contributed by atoms with E-state index in [1.807, 2.05) is 12.1 Å². The normalized spacial score (nSPS) is 14.9. The first-order valence-corrected chi connectivity index (χ1v) is 8.73. The molecule has 0 saturated carbocycles. The number of benzene rings is 1. The van der Waals surface area contributed by atoms with E-state index < -0.39 is 0 Å². The van der Waals surface area contributed by atoms with E-state index in [0.717, 1.165) is 42.5 Å². The Kier molecular flexibility index (Phi) is 4.73. The van der Waals surface area contributed by atoms with Crippen LogP contribution in [0.2, 0.25) is 0 Å². The summed E-state index contributed by atoms with van der Waals surface area (Å²) < 4.78 is 4.42. The molecule has 0 atom stereocenters. The molecule has 1 aromatic heterocycles. The highest BCUT2D eigenvalue weighted by atomic mass is 32.1. The Bertz CT molecular complexity index is 710. The monoisotopic (exact) mass is 330 g/mol. The minimum atomic E-state index is -0.268. The molecule has 2 aromatic rings. The van der Waals surface area contributed by atoms with Gasteiger partial charge in [0.1, 0.15) is 10.8 Å². The molecule has 122 valence electrons. The van der Waals surface area contributed by atoms with Gasteiger partial charge in [-0.15, -0.1) is 0 Å². The van der Waals surface area contributed by atoms with Crippen LogP contribution < -0.4 is 5.73 Å². The van der Waals surface area contributed by atoms with Crippen LogP contribution in [0.1, 0.15) is 47.3 Å². The van der Waals surface area contributed by atoms with Crippen molar-refractivity contribution in [3.05, 3.63) is 45.7 Å². The van der Waals surface area contributed by atoms with Gasteiger partial charge in [-0.2, -0.15) is 4.37 Å². The number of carbonyl (C=O) groups excluding carboxylic acids is 1. The molecule has 1 aromatic carbocycles. The van der Waals surface area contributed by atoms with Crippen molar-refractivity contribution in [3.63, 3.8) is 0 Å². The lowest BCUT2D eigenvalue weighted by molar-refractivity contribution is -0.117. The SMILES string of the molecule is CC(C)c1nsc(CN2CCc3c(CC(N)=O)cccc3C2)n1. The lowest BCUT2D eigenvalue weighted by Gasteiger charge is -2.29. The molecule has 1 aliphatic heterocycles. The standard InChI is InChI=1S/C17H22N4OS/c1-11(2)17-19-16(23-20-17)10-21-7-6-14-12(8-15(18)22)4-3-5-13(14)9-21/h3-5,11H,6-10H2,1-2H3,(H2,18,22). The minimum Gasteiger partial charge on any atom is -0.369 e. The van der Waals surface area contributed by atoms with Crippen molar-refractivity contribution < 1.29 is 4.79 Å². The van der Waals surface area contributed by atoms with Gasteiger partial charge in [-0.05, 0) is 34.6 Å². The van der Waals surface area contributed by atoms with Crippen molar-refractivity contribution in [3.8, 4) is 0 Å². The Morgan fingerprint density at radius 2 is 2.26 bits per heavy atom. The second kappa shape index (κ2) is 6.76. The minimum absolute atomic E-state index is 0.268. The van der Waals surface area contributed by atoms with Gasteiger partial charge in [0, 0.05) is 19.0 Å². The van der Waals surface area contributed by atoms with Crippen LogP contribution in [-0.2, 0) is 30.7 Å². The molecule has 0 bridgehead atoms. The van der Waals surface area contributed by atoms with Gasteiger partial charge in [-0.25, -0.2) is 4.98 Å². The number of fused-ring (bicyclic) bond motifs is 1. The summed E-state index contributed by atoms with van der Waals surface area (Å²) in [5.74, 6) is 1.04. The Morgan fingerprint density at radius 3 is 2.96 bits per heavy atom. The quantitative estimate of drug-likeness (QED) is 0.912. The molecule has 1 aliphatic rings. The van der Waals surface area contributed by atoms with Gasteiger partial charge in [0.2, 0.25) is 5.91 Å². The second-order valence-corrected chi connectivity index (χ2v) is 7.20. The van der Waals surface area contributed by atoms with Gasteiger partial charge in [-0.1, -0.05) is 32.0 Å². The van der Waals surface area contributed by atoms with Crippen molar-refractivity contribution in [1.29, 1.82) is 0 Å². The van der Waals surface area contributed by atoms with Crippen LogP contribution in [0.15, 0.2) is 18.2 Å². The second-order valence-electron chi connectivity index (χ2n) is 6.36. The Hall–Kier alpha value is -1.79. The van der Waals surface area contributed by atoms with Crippen LogP contribution in [0.4, 0.5) is 0 Å². The van der Waals surface area contributed by atoms with Crippen LogP contribution in [0, 0.1) is 0 Å². The molecule has 5 nitrogen and oxygen atoms in total. The van der Waals surface area contributed by atoms with E-state index in [1.165, 1.54) is 22.7 Å². The van der Waals surface area contributed by atoms with Crippen LogP contribution in [0.5, 0.6) is 0 Å². The fourth-order valence-corrected chi connectivity index (χ4v) is 3.82. The van der Waals surface area contributed by atoms with Crippen LogP contribution >= 0.6 is 11.5 Å². The highest BCUT2D eigenvalue weighted by Crippen LogP contribution is 2.25. The van der Waals surface area contributed by atoms with Gasteiger partial charge in [0.25, 0.3) is 0 Å². The Labute approximate surface area is 140 Å². The average molecular weight is 330 g/mol. The first-order chi connectivity index (χ1) is 11.0. The molecule has 0 saturated heterocycles. The third kappa shape index (κ3) is 3.76. The Balaban J connectivity index is 1.71. The Morgan fingerprint density at radius 1 is 1.43 bits per heavy atom. The maximum Gasteiger partial charge on any atom is 0.221 e. The van der Waals surface area contributed by atoms with Crippen LogP contribution in [0.3, 0.4) is 0 Å². The van der Waals surface area contributed by atoms with Crippen molar-refractivity contribution in [1.82, 2.24) is 14.3 Å². The molecule has 2 N–H and O–H groups in total. The third-order valence-electron chi connectivity index (χ3n) is 4.17. The number of carbonyl (C=O) groups is 1. The summed E-state index contributed by atoms with van der Waals surface area (Å²) in [5.41, 5.74) is 9.02. The van der Waals surface area contributed by atoms with Gasteiger partial charge in [0.05, 0.1) is 13.0 Å². The molecule has 0 aliphatic carbocycles. The van der Waals surface area contributed by atoms with Crippen LogP contribution in [0.25, 0.3) is 0 Å². The van der Waals surface area contributed by atoms with Gasteiger partial charge in [0.15, 0.2) is 0 Å². The molecule has 23 heavy (non-hydrogen) atoms. The molecular formula is C17H22N4OS. The number of nitrogens with zero attached hydrogens (tertiary/aromatic N) is 3. The largest absolute Gasteiger partial charge is 0.369 e. The highest BCUT2D eigenvalue weighted by Gasteiger charge is 2.20. The zero-order chi connectivity index (χ0) is 16.4. The van der Waals surface area contributed by atoms with Gasteiger partial charge in [-0.3, -0.25) is 9.69 Å². The first-order valence-electron chi connectivity index (χ1n) is 7.95. The van der Waals surface area contributed by atoms with Gasteiger partial charge < -0.3 is 5.73 Å². The molecule has 0 fully saturated rings. The van der Waals surface area contributed by atoms with Gasteiger partial charge >= 0.3 is 0 Å². The number of hydrogen-bond acceptors (Lipinski definition) is 5. The third-order valence-corrected chi connectivity index (χ3v) is 4.88. The fraction of sp³-hybridized carbons (Fsp3) is 0.471. The smallest absolute Gasteiger partial charge is 0.221 e. The number of hydrogen-bond donors (Lipinski definition) is 1. The molecule has 0 spiro atoms. The van der Waals surface area contributed by atoms with E-state index in [9.17, 15) is 4.79 Å². The predicted octanol–water partition coefficient (Wildman–Crippen LogP) is 2.25. The van der Waals surface area contributed by atoms with E-state index in [1.54, 1.807) is 0 Å². The van der Waals surface area contributed by atoms with E-state index in [2.05, 4.69) is 34.2 Å². The molecule has 2 heterocycles. The summed E-state index contributed by atoms with van der Waals surface area (Å²) >= 11 is 1.50. The number of aromatic nitrogens is 2. The maximum absolute atomic E-state index is 11.2. The van der Waals surface area contributed by atoms with Crippen molar-refractivity contribution in [2.75, 3.05) is 6.54 Å². The fourth-order valence-electron chi connectivity index (χ4n) is 2.99. The first kappa shape index (κ1) is 16.1. The van der Waals surface area contributed by atoms with Crippen molar-refractivity contribution in [2.24, 2.45) is 5.73 Å². The summed E-state index contributed by atoms with van der Waals surface area (Å²) in [5, 5.41) is 1.07. The number of primary amides is 1. The summed E-state index contributed by atoms with van der Waals surface area (Å²) in [6, 6.07) is 6.17. The summed E-state index contributed by atoms with van der Waals surface area (Å²) in [6.45, 7) is 6.92. The lowest BCUT2D eigenvalue weighted by atomic mass is 9.93. The summed E-state index contributed by atoms with van der Waals surface area (Å²) in [6.07, 6.45) is 1.28. The topological polar surface area (TPSA) is 72.1 Å². The highest BCUT2D eigenvalue weighted by molar-refractivity contribution is 7.05. The maximum atomic E-state index is 11.2. The number of nitrogens with two attached hydrogens (primary N) is 1. The molecule has 0 radical (unpaired) electrons. The van der Waals surface area contributed by atoms with Crippen molar-refractivity contribution in [2.45, 2.75) is 45.7 Å². The molecule has 3 rings (SSSR count). The molecule has 6 heteroatoms. The predicted molar refractivity (Wildman–Crippen MR) is 91.2 cm³/mol. The lowest BCUT2D eigenvalue weighted by Crippen LogP contribution is -2.31. The van der Waals surface area contributed by atoms with E-state index in [0.29, 0.717) is 12.3 Å². The average Bonchev–Trinajstić information content (AvgIpc) is 2.95. The molecule has 1 amide bonds. The van der Waals surface area contributed by atoms with E-state index in [-0.39, 0.29) is 5.91 Å².